The summed E-state index contributed by atoms with van der Waals surface area (Å²) in [6.07, 6.45) is 0. The molecule has 0 saturated carbocycles. The molecular weight excluding hydrogens is 242 g/mol. The summed E-state index contributed by atoms with van der Waals surface area (Å²) in [5.41, 5.74) is 5.20. The topological polar surface area (TPSA) is 12.0 Å². The molecule has 0 radical (unpaired) electrons. The molecule has 0 amide bonds. The van der Waals surface area contributed by atoms with Crippen LogP contribution in [0.4, 0.5) is 0 Å². The van der Waals surface area contributed by atoms with Gasteiger partial charge in [-0.2, -0.15) is 0 Å². The molecule has 0 bridgehead atoms. The second-order valence-corrected chi connectivity index (χ2v) is 4.96. The van der Waals surface area contributed by atoms with Crippen molar-refractivity contribution in [3.8, 4) is 0 Å². The molecule has 18 heavy (non-hydrogen) atoms. The normalized spacial score (nSPS) is 10.6. The molecule has 1 N–H and O–H groups in total. The van der Waals surface area contributed by atoms with Gasteiger partial charge in [0, 0.05) is 18.1 Å². The maximum absolute atomic E-state index is 6.12. The van der Waals surface area contributed by atoms with E-state index in [1.807, 2.05) is 18.2 Å². The van der Waals surface area contributed by atoms with E-state index in [2.05, 4.69) is 43.4 Å². The predicted octanol–water partition coefficient (Wildman–Crippen LogP) is 4.25. The third-order valence-electron chi connectivity index (χ3n) is 3.31. The van der Waals surface area contributed by atoms with Gasteiger partial charge in [-0.1, -0.05) is 48.0 Å². The van der Waals surface area contributed by atoms with E-state index in [9.17, 15) is 0 Å². The maximum Gasteiger partial charge on any atom is 0.0450 e. The second kappa shape index (κ2) is 6.03. The van der Waals surface area contributed by atoms with Crippen molar-refractivity contribution >= 4 is 11.6 Å². The first kappa shape index (κ1) is 13.1. The van der Waals surface area contributed by atoms with E-state index in [-0.39, 0.29) is 0 Å². The fraction of sp³-hybridized carbons (Fsp3) is 0.250. The van der Waals surface area contributed by atoms with Crippen molar-refractivity contribution in [1.29, 1.82) is 0 Å². The molecule has 0 aromatic heterocycles. The molecule has 0 aliphatic heterocycles. The summed E-state index contributed by atoms with van der Waals surface area (Å²) < 4.78 is 0. The van der Waals surface area contributed by atoms with Crippen molar-refractivity contribution in [2.45, 2.75) is 26.9 Å². The van der Waals surface area contributed by atoms with Crippen molar-refractivity contribution in [2.24, 2.45) is 0 Å². The molecule has 0 atom stereocenters. The first-order valence-corrected chi connectivity index (χ1v) is 6.55. The number of nitrogens with one attached hydrogen (secondary N) is 1. The molecule has 0 spiro atoms. The van der Waals surface area contributed by atoms with Crippen LogP contribution in [0.2, 0.25) is 5.02 Å². The number of rotatable bonds is 4. The van der Waals surface area contributed by atoms with Crippen LogP contribution in [-0.2, 0) is 13.1 Å². The summed E-state index contributed by atoms with van der Waals surface area (Å²) in [5.74, 6) is 0. The van der Waals surface area contributed by atoms with Crippen molar-refractivity contribution < 1.29 is 0 Å². The van der Waals surface area contributed by atoms with Crippen LogP contribution in [-0.4, -0.2) is 0 Å². The van der Waals surface area contributed by atoms with Crippen LogP contribution in [0.1, 0.15) is 22.3 Å². The van der Waals surface area contributed by atoms with Crippen molar-refractivity contribution in [1.82, 2.24) is 5.32 Å². The molecule has 94 valence electrons. The van der Waals surface area contributed by atoms with E-state index >= 15 is 0 Å². The van der Waals surface area contributed by atoms with E-state index in [0.29, 0.717) is 0 Å². The minimum atomic E-state index is 0.799. The molecule has 0 saturated heterocycles. The average Bonchev–Trinajstić information content (AvgIpc) is 2.37. The zero-order valence-corrected chi connectivity index (χ0v) is 11.6. The lowest BCUT2D eigenvalue weighted by atomic mass is 10.0. The summed E-state index contributed by atoms with van der Waals surface area (Å²) in [5, 5.41) is 4.27. The van der Waals surface area contributed by atoms with Crippen LogP contribution in [0, 0.1) is 13.8 Å². The molecule has 0 heterocycles. The number of hydrogen-bond donors (Lipinski definition) is 1. The van der Waals surface area contributed by atoms with Crippen LogP contribution >= 0.6 is 11.6 Å². The SMILES string of the molecule is Cc1cccc(CNCc2ccccc2Cl)c1C. The van der Waals surface area contributed by atoms with E-state index in [0.717, 1.165) is 23.7 Å². The van der Waals surface area contributed by atoms with Gasteiger partial charge in [0.2, 0.25) is 0 Å². The van der Waals surface area contributed by atoms with Crippen LogP contribution in [0.25, 0.3) is 0 Å². The van der Waals surface area contributed by atoms with Crippen LogP contribution in [0.15, 0.2) is 42.5 Å². The smallest absolute Gasteiger partial charge is 0.0450 e. The second-order valence-electron chi connectivity index (χ2n) is 4.55. The summed E-state index contributed by atoms with van der Waals surface area (Å²) >= 11 is 6.12. The predicted molar refractivity (Wildman–Crippen MR) is 77.9 cm³/mol. The number of aryl methyl sites for hydroxylation is 1. The third kappa shape index (κ3) is 3.12. The first-order valence-electron chi connectivity index (χ1n) is 6.17. The Morgan fingerprint density at radius 2 is 1.56 bits per heavy atom. The standard InChI is InChI=1S/C16H18ClN/c1-12-6-5-8-14(13(12)2)10-18-11-15-7-3-4-9-16(15)17/h3-9,18H,10-11H2,1-2H3. The Kier molecular flexibility index (Phi) is 4.40. The molecule has 2 rings (SSSR count). The highest BCUT2D eigenvalue weighted by Gasteiger charge is 2.01. The summed E-state index contributed by atoms with van der Waals surface area (Å²) in [7, 11) is 0. The number of hydrogen-bond acceptors (Lipinski definition) is 1. The van der Waals surface area contributed by atoms with Crippen molar-refractivity contribution in [3.63, 3.8) is 0 Å². The van der Waals surface area contributed by atoms with Crippen molar-refractivity contribution in [2.75, 3.05) is 0 Å². The Hall–Kier alpha value is -1.31. The van der Waals surface area contributed by atoms with Gasteiger partial charge in [-0.05, 0) is 42.2 Å². The Balaban J connectivity index is 1.97. The van der Waals surface area contributed by atoms with E-state index in [1.165, 1.54) is 16.7 Å². The van der Waals surface area contributed by atoms with E-state index in [4.69, 9.17) is 11.6 Å². The lowest BCUT2D eigenvalue weighted by Crippen LogP contribution is -2.14. The van der Waals surface area contributed by atoms with Gasteiger partial charge in [0.25, 0.3) is 0 Å². The highest BCUT2D eigenvalue weighted by molar-refractivity contribution is 6.31. The maximum atomic E-state index is 6.12. The monoisotopic (exact) mass is 259 g/mol. The summed E-state index contributed by atoms with van der Waals surface area (Å²) in [6.45, 7) is 5.99. The zero-order valence-electron chi connectivity index (χ0n) is 10.8. The molecule has 1 nitrogen and oxygen atoms in total. The summed E-state index contributed by atoms with van der Waals surface area (Å²) in [6, 6.07) is 14.4. The van der Waals surface area contributed by atoms with E-state index in [1.54, 1.807) is 0 Å². The molecule has 0 aliphatic rings. The fourth-order valence-electron chi connectivity index (χ4n) is 1.98. The Labute approximate surface area is 114 Å². The van der Waals surface area contributed by atoms with Gasteiger partial charge in [-0.15, -0.1) is 0 Å². The Morgan fingerprint density at radius 3 is 2.33 bits per heavy atom. The number of halogens is 1. The van der Waals surface area contributed by atoms with E-state index < -0.39 is 0 Å². The highest BCUT2D eigenvalue weighted by atomic mass is 35.5. The van der Waals surface area contributed by atoms with Gasteiger partial charge in [-0.25, -0.2) is 0 Å². The molecular formula is C16H18ClN. The number of benzene rings is 2. The lowest BCUT2D eigenvalue weighted by Gasteiger charge is -2.10. The van der Waals surface area contributed by atoms with Crippen LogP contribution < -0.4 is 5.32 Å². The molecule has 2 heteroatoms. The van der Waals surface area contributed by atoms with Gasteiger partial charge >= 0.3 is 0 Å². The van der Waals surface area contributed by atoms with Gasteiger partial charge in [0.15, 0.2) is 0 Å². The van der Waals surface area contributed by atoms with Gasteiger partial charge in [0.05, 0.1) is 0 Å². The Morgan fingerprint density at radius 1 is 0.889 bits per heavy atom. The summed E-state index contributed by atoms with van der Waals surface area (Å²) in [4.78, 5) is 0. The van der Waals surface area contributed by atoms with Crippen LogP contribution in [0.5, 0.6) is 0 Å². The van der Waals surface area contributed by atoms with Gasteiger partial charge in [-0.3, -0.25) is 0 Å². The average molecular weight is 260 g/mol. The van der Waals surface area contributed by atoms with Gasteiger partial charge in [0.1, 0.15) is 0 Å². The molecule has 2 aromatic rings. The first-order chi connectivity index (χ1) is 8.68. The fourth-order valence-corrected chi connectivity index (χ4v) is 2.18. The third-order valence-corrected chi connectivity index (χ3v) is 3.67. The van der Waals surface area contributed by atoms with Crippen molar-refractivity contribution in [3.05, 3.63) is 69.7 Å². The molecule has 2 aromatic carbocycles. The Bertz CT molecular complexity index is 534. The zero-order chi connectivity index (χ0) is 13.0. The quantitative estimate of drug-likeness (QED) is 0.866. The largest absolute Gasteiger partial charge is 0.309 e. The molecule has 0 unspecified atom stereocenters. The lowest BCUT2D eigenvalue weighted by molar-refractivity contribution is 0.690. The molecule has 0 aliphatic carbocycles. The van der Waals surface area contributed by atoms with Crippen LogP contribution in [0.3, 0.4) is 0 Å². The van der Waals surface area contributed by atoms with Gasteiger partial charge < -0.3 is 5.32 Å². The minimum Gasteiger partial charge on any atom is -0.309 e. The molecule has 0 fully saturated rings. The minimum absolute atomic E-state index is 0.799. The highest BCUT2D eigenvalue weighted by Crippen LogP contribution is 2.15.